The maximum absolute atomic E-state index is 13.0. The largest absolute Gasteiger partial charge is 0.333 e. The molecule has 0 bridgehead atoms. The number of anilines is 1. The highest BCUT2D eigenvalue weighted by atomic mass is 32.2. The summed E-state index contributed by atoms with van der Waals surface area (Å²) in [5, 5.41) is 3.54. The lowest BCUT2D eigenvalue weighted by Crippen LogP contribution is -2.14. The number of rotatable bonds is 6. The van der Waals surface area contributed by atoms with E-state index in [1.165, 1.54) is 29.5 Å². The number of aromatic nitrogens is 2. The SMILES string of the molecule is CCc1cccc(NC(=O)CSc2ncc(-c3ccc(F)cc3)[nH]2)c1. The highest BCUT2D eigenvalue weighted by Gasteiger charge is 2.08. The van der Waals surface area contributed by atoms with Crippen molar-refractivity contribution >= 4 is 23.4 Å². The van der Waals surface area contributed by atoms with E-state index in [0.29, 0.717) is 5.16 Å². The lowest BCUT2D eigenvalue weighted by Gasteiger charge is -2.06. The smallest absolute Gasteiger partial charge is 0.234 e. The van der Waals surface area contributed by atoms with Gasteiger partial charge in [0.2, 0.25) is 5.91 Å². The summed E-state index contributed by atoms with van der Waals surface area (Å²) in [6.07, 6.45) is 2.61. The van der Waals surface area contributed by atoms with Crippen LogP contribution < -0.4 is 5.32 Å². The molecule has 0 fully saturated rings. The Kier molecular flexibility index (Phi) is 5.50. The number of nitrogens with one attached hydrogen (secondary N) is 2. The van der Waals surface area contributed by atoms with Gasteiger partial charge in [-0.15, -0.1) is 0 Å². The fraction of sp³-hybridized carbons (Fsp3) is 0.158. The van der Waals surface area contributed by atoms with Crippen molar-refractivity contribution in [3.05, 3.63) is 66.1 Å². The molecule has 128 valence electrons. The van der Waals surface area contributed by atoms with E-state index in [1.807, 2.05) is 24.3 Å². The molecule has 0 radical (unpaired) electrons. The third-order valence-electron chi connectivity index (χ3n) is 3.67. The van der Waals surface area contributed by atoms with E-state index >= 15 is 0 Å². The van der Waals surface area contributed by atoms with Crippen LogP contribution in [0.4, 0.5) is 10.1 Å². The van der Waals surface area contributed by atoms with Crippen molar-refractivity contribution in [2.75, 3.05) is 11.1 Å². The first-order chi connectivity index (χ1) is 12.1. The summed E-state index contributed by atoms with van der Waals surface area (Å²) in [7, 11) is 0. The summed E-state index contributed by atoms with van der Waals surface area (Å²) in [6, 6.07) is 14.0. The van der Waals surface area contributed by atoms with E-state index in [0.717, 1.165) is 23.4 Å². The number of thioether (sulfide) groups is 1. The summed E-state index contributed by atoms with van der Waals surface area (Å²) in [4.78, 5) is 19.5. The van der Waals surface area contributed by atoms with E-state index < -0.39 is 0 Å². The van der Waals surface area contributed by atoms with Crippen LogP contribution in [0.3, 0.4) is 0 Å². The Morgan fingerprint density at radius 1 is 1.24 bits per heavy atom. The van der Waals surface area contributed by atoms with Crippen molar-refractivity contribution in [1.29, 1.82) is 0 Å². The number of carbonyl (C=O) groups excluding carboxylic acids is 1. The maximum atomic E-state index is 13.0. The Hall–Kier alpha value is -2.60. The average molecular weight is 355 g/mol. The minimum atomic E-state index is -0.276. The van der Waals surface area contributed by atoms with Crippen LogP contribution in [0.15, 0.2) is 59.9 Å². The lowest BCUT2D eigenvalue weighted by atomic mass is 10.1. The summed E-state index contributed by atoms with van der Waals surface area (Å²) < 4.78 is 13.0. The fourth-order valence-electron chi connectivity index (χ4n) is 2.35. The van der Waals surface area contributed by atoms with Gasteiger partial charge >= 0.3 is 0 Å². The number of H-pyrrole nitrogens is 1. The first-order valence-corrected chi connectivity index (χ1v) is 8.95. The average Bonchev–Trinajstić information content (AvgIpc) is 3.10. The van der Waals surface area contributed by atoms with E-state index in [1.54, 1.807) is 18.3 Å². The summed E-state index contributed by atoms with van der Waals surface area (Å²) in [5.74, 6) is -0.105. The molecule has 0 aliphatic heterocycles. The number of amides is 1. The van der Waals surface area contributed by atoms with Gasteiger partial charge in [-0.2, -0.15) is 0 Å². The monoisotopic (exact) mass is 355 g/mol. The van der Waals surface area contributed by atoms with Crippen LogP contribution in [0, 0.1) is 5.82 Å². The zero-order valence-corrected chi connectivity index (χ0v) is 14.6. The number of halogens is 1. The molecule has 6 heteroatoms. The molecule has 1 aromatic heterocycles. The quantitative estimate of drug-likeness (QED) is 0.640. The molecular formula is C19H18FN3OS. The van der Waals surface area contributed by atoms with Crippen LogP contribution in [0.2, 0.25) is 0 Å². The summed E-state index contributed by atoms with van der Waals surface area (Å²) in [5.41, 5.74) is 3.62. The minimum absolute atomic E-state index is 0.0852. The Morgan fingerprint density at radius 2 is 2.04 bits per heavy atom. The van der Waals surface area contributed by atoms with E-state index in [4.69, 9.17) is 0 Å². The molecule has 2 aromatic carbocycles. The molecule has 2 N–H and O–H groups in total. The molecule has 0 saturated heterocycles. The number of hydrogen-bond acceptors (Lipinski definition) is 3. The molecule has 0 spiro atoms. The van der Waals surface area contributed by atoms with Crippen LogP contribution >= 0.6 is 11.8 Å². The standard InChI is InChI=1S/C19H18FN3OS/c1-2-13-4-3-5-16(10-13)22-18(24)12-25-19-21-11-17(23-19)14-6-8-15(20)9-7-14/h3-11H,2,12H2,1H3,(H,21,23)(H,22,24). The van der Waals surface area contributed by atoms with Gasteiger partial charge in [-0.3, -0.25) is 4.79 Å². The second kappa shape index (κ2) is 7.98. The van der Waals surface area contributed by atoms with Gasteiger partial charge in [0.05, 0.1) is 17.6 Å². The molecule has 0 aliphatic rings. The predicted octanol–water partition coefficient (Wildman–Crippen LogP) is 4.51. The molecule has 0 aliphatic carbocycles. The van der Waals surface area contributed by atoms with Crippen molar-refractivity contribution in [3.63, 3.8) is 0 Å². The normalized spacial score (nSPS) is 10.6. The number of imidazole rings is 1. The van der Waals surface area contributed by atoms with Crippen LogP contribution in [-0.2, 0) is 11.2 Å². The minimum Gasteiger partial charge on any atom is -0.333 e. The van der Waals surface area contributed by atoms with Gasteiger partial charge in [-0.25, -0.2) is 9.37 Å². The Morgan fingerprint density at radius 3 is 2.80 bits per heavy atom. The molecule has 1 amide bonds. The third kappa shape index (κ3) is 4.70. The van der Waals surface area contributed by atoms with Gasteiger partial charge in [-0.05, 0) is 53.9 Å². The molecule has 0 unspecified atom stereocenters. The van der Waals surface area contributed by atoms with Crippen LogP contribution in [-0.4, -0.2) is 21.6 Å². The summed E-state index contributed by atoms with van der Waals surface area (Å²) >= 11 is 1.32. The van der Waals surface area contributed by atoms with Gasteiger partial charge in [-0.1, -0.05) is 30.8 Å². The van der Waals surface area contributed by atoms with Gasteiger partial charge in [0.15, 0.2) is 5.16 Å². The maximum Gasteiger partial charge on any atom is 0.234 e. The zero-order valence-electron chi connectivity index (χ0n) is 13.8. The molecule has 0 atom stereocenters. The van der Waals surface area contributed by atoms with Crippen molar-refractivity contribution in [1.82, 2.24) is 9.97 Å². The van der Waals surface area contributed by atoms with Crippen molar-refractivity contribution in [2.24, 2.45) is 0 Å². The molecule has 1 heterocycles. The summed E-state index contributed by atoms with van der Waals surface area (Å²) in [6.45, 7) is 2.08. The van der Waals surface area contributed by atoms with Gasteiger partial charge in [0, 0.05) is 5.69 Å². The number of carbonyl (C=O) groups is 1. The van der Waals surface area contributed by atoms with Crippen molar-refractivity contribution in [2.45, 2.75) is 18.5 Å². The van der Waals surface area contributed by atoms with Gasteiger partial charge in [0.1, 0.15) is 5.82 Å². The molecular weight excluding hydrogens is 337 g/mol. The molecule has 4 nitrogen and oxygen atoms in total. The number of aromatic amines is 1. The Balaban J connectivity index is 1.56. The van der Waals surface area contributed by atoms with Crippen molar-refractivity contribution in [3.8, 4) is 11.3 Å². The van der Waals surface area contributed by atoms with Crippen molar-refractivity contribution < 1.29 is 9.18 Å². The van der Waals surface area contributed by atoms with E-state index in [9.17, 15) is 9.18 Å². The number of hydrogen-bond donors (Lipinski definition) is 2. The first kappa shape index (κ1) is 17.2. The number of nitrogens with zero attached hydrogens (tertiary/aromatic N) is 1. The van der Waals surface area contributed by atoms with Gasteiger partial charge in [0.25, 0.3) is 0 Å². The first-order valence-electron chi connectivity index (χ1n) is 7.96. The fourth-order valence-corrected chi connectivity index (χ4v) is 3.00. The molecule has 3 aromatic rings. The molecule has 0 saturated carbocycles. The van der Waals surface area contributed by atoms with Crippen LogP contribution in [0.1, 0.15) is 12.5 Å². The van der Waals surface area contributed by atoms with E-state index in [2.05, 4.69) is 22.2 Å². The van der Waals surface area contributed by atoms with E-state index in [-0.39, 0.29) is 17.5 Å². The second-order valence-electron chi connectivity index (χ2n) is 5.50. The van der Waals surface area contributed by atoms with Crippen LogP contribution in [0.25, 0.3) is 11.3 Å². The number of benzene rings is 2. The highest BCUT2D eigenvalue weighted by Crippen LogP contribution is 2.22. The lowest BCUT2D eigenvalue weighted by molar-refractivity contribution is -0.113. The Bertz CT molecular complexity index is 861. The topological polar surface area (TPSA) is 57.8 Å². The number of aryl methyl sites for hydroxylation is 1. The predicted molar refractivity (Wildman–Crippen MR) is 99.2 cm³/mol. The molecule has 25 heavy (non-hydrogen) atoms. The highest BCUT2D eigenvalue weighted by molar-refractivity contribution is 7.99. The Labute approximate surface area is 149 Å². The van der Waals surface area contributed by atoms with Crippen LogP contribution in [0.5, 0.6) is 0 Å². The second-order valence-corrected chi connectivity index (χ2v) is 6.46. The zero-order chi connectivity index (χ0) is 17.6. The van der Waals surface area contributed by atoms with Gasteiger partial charge < -0.3 is 10.3 Å². The third-order valence-corrected chi connectivity index (χ3v) is 4.55. The molecule has 3 rings (SSSR count).